The van der Waals surface area contributed by atoms with Gasteiger partial charge in [0.2, 0.25) is 0 Å². The second-order valence-electron chi connectivity index (χ2n) is 6.56. The largest absolute Gasteiger partial charge is 0.0955 e. The summed E-state index contributed by atoms with van der Waals surface area (Å²) in [6.45, 7) is 10.1. The summed E-state index contributed by atoms with van der Waals surface area (Å²) in [5, 5.41) is 0. The molecule has 0 radical (unpaired) electrons. The molecule has 0 unspecified atom stereocenters. The fourth-order valence-electron chi connectivity index (χ4n) is 2.78. The Morgan fingerprint density at radius 2 is 1.38 bits per heavy atom. The molecule has 3 aromatic carbocycles. The van der Waals surface area contributed by atoms with E-state index in [9.17, 15) is 0 Å². The number of aryl methyl sites for hydroxylation is 2. The molecule has 4 rings (SSSR count). The Kier molecular flexibility index (Phi) is 7.64. The van der Waals surface area contributed by atoms with Crippen LogP contribution in [0, 0.1) is 13.8 Å². The molecule has 0 nitrogen and oxygen atoms in total. The molecule has 0 N–H and O–H groups in total. The smallest absolute Gasteiger partial charge is 0.00882 e. The van der Waals surface area contributed by atoms with Gasteiger partial charge in [0.15, 0.2) is 0 Å². The van der Waals surface area contributed by atoms with Gasteiger partial charge in [0, 0.05) is 0 Å². The van der Waals surface area contributed by atoms with E-state index in [4.69, 9.17) is 0 Å². The third-order valence-electron chi connectivity index (χ3n) is 4.24. The van der Waals surface area contributed by atoms with Crippen LogP contribution < -0.4 is 0 Å². The highest BCUT2D eigenvalue weighted by atomic mass is 14.0. The lowest BCUT2D eigenvalue weighted by atomic mass is 10.0. The van der Waals surface area contributed by atoms with Crippen LogP contribution in [0.1, 0.15) is 34.7 Å². The van der Waals surface area contributed by atoms with E-state index < -0.39 is 0 Å². The summed E-state index contributed by atoms with van der Waals surface area (Å²) in [5.74, 6) is 0. The molecule has 0 heterocycles. The van der Waals surface area contributed by atoms with E-state index in [2.05, 4.69) is 81.1 Å². The first-order valence-electron chi connectivity index (χ1n) is 9.05. The van der Waals surface area contributed by atoms with E-state index in [1.165, 1.54) is 27.8 Å². The van der Waals surface area contributed by atoms with Gasteiger partial charge in [0.1, 0.15) is 0 Å². The fraction of sp³-hybridized carbons (Fsp3) is 0.154. The first kappa shape index (κ1) is 19.5. The highest BCUT2D eigenvalue weighted by Crippen LogP contribution is 2.17. The molecule has 0 saturated heterocycles. The van der Waals surface area contributed by atoms with Crippen molar-refractivity contribution < 1.29 is 0 Å². The van der Waals surface area contributed by atoms with Gasteiger partial charge >= 0.3 is 0 Å². The second-order valence-corrected chi connectivity index (χ2v) is 6.56. The minimum absolute atomic E-state index is 1.12. The van der Waals surface area contributed by atoms with Crippen molar-refractivity contribution in [2.24, 2.45) is 0 Å². The van der Waals surface area contributed by atoms with Crippen molar-refractivity contribution in [2.45, 2.75) is 27.2 Å². The van der Waals surface area contributed by atoms with Crippen LogP contribution in [-0.2, 0) is 6.42 Å². The molecule has 132 valence electrons. The van der Waals surface area contributed by atoms with Gasteiger partial charge in [-0.25, -0.2) is 0 Å². The summed E-state index contributed by atoms with van der Waals surface area (Å²) < 4.78 is 0. The number of hydrogen-bond acceptors (Lipinski definition) is 0. The standard InChI is InChI=1S/C10H12.C9H8.C7H8/c1-8(2)10-7-5-4-6-9(10)3;1-2-5-9-7-3-6-8(9)4-1;1-7-5-3-2-4-6-7/h4-7H,1H2,2-3H3;1-6H,7H2;2-6H,1H3. The van der Waals surface area contributed by atoms with Crippen LogP contribution in [0.25, 0.3) is 11.6 Å². The first-order chi connectivity index (χ1) is 12.6. The predicted octanol–water partition coefficient (Wildman–Crippen LogP) is 7.28. The number of allylic oxidation sites excluding steroid dienone is 2. The molecule has 0 atom stereocenters. The van der Waals surface area contributed by atoms with Crippen molar-refractivity contribution in [1.82, 2.24) is 0 Å². The Bertz CT molecular complexity index is 854. The third-order valence-corrected chi connectivity index (χ3v) is 4.24. The van der Waals surface area contributed by atoms with Crippen molar-refractivity contribution >= 4 is 11.6 Å². The highest BCUT2D eigenvalue weighted by Gasteiger charge is 2.00. The van der Waals surface area contributed by atoms with E-state index in [0.29, 0.717) is 0 Å². The summed E-state index contributed by atoms with van der Waals surface area (Å²) in [6.07, 6.45) is 5.50. The van der Waals surface area contributed by atoms with Crippen molar-refractivity contribution in [3.8, 4) is 0 Å². The SMILES string of the molecule is C1=Cc2ccccc2C1.C=C(C)c1ccccc1C.Cc1ccccc1. The molecule has 3 aromatic rings. The fourth-order valence-corrected chi connectivity index (χ4v) is 2.78. The molecule has 0 spiro atoms. The van der Waals surface area contributed by atoms with Crippen molar-refractivity contribution in [3.05, 3.63) is 119 Å². The quantitative estimate of drug-likeness (QED) is 0.436. The zero-order valence-corrected chi connectivity index (χ0v) is 16.1. The molecular weight excluding hydrogens is 312 g/mol. The Morgan fingerprint density at radius 3 is 1.92 bits per heavy atom. The van der Waals surface area contributed by atoms with Crippen LogP contribution in [-0.4, -0.2) is 0 Å². The molecule has 0 heteroatoms. The molecule has 0 saturated carbocycles. The number of hydrogen-bond donors (Lipinski definition) is 0. The minimum Gasteiger partial charge on any atom is -0.0955 e. The van der Waals surface area contributed by atoms with Crippen LogP contribution in [0.15, 0.2) is 91.5 Å². The number of benzene rings is 3. The molecular formula is C26H28. The van der Waals surface area contributed by atoms with Gasteiger partial charge in [-0.2, -0.15) is 0 Å². The van der Waals surface area contributed by atoms with E-state index in [0.717, 1.165) is 12.0 Å². The molecule has 0 aromatic heterocycles. The summed E-state index contributed by atoms with van der Waals surface area (Å²) in [4.78, 5) is 0. The maximum Gasteiger partial charge on any atom is -0.00882 e. The Hall–Kier alpha value is -2.86. The Labute approximate surface area is 158 Å². The summed E-state index contributed by atoms with van der Waals surface area (Å²) >= 11 is 0. The minimum atomic E-state index is 1.12. The van der Waals surface area contributed by atoms with Crippen LogP contribution in [0.4, 0.5) is 0 Å². The average molecular weight is 341 g/mol. The summed E-state index contributed by atoms with van der Waals surface area (Å²) in [7, 11) is 0. The van der Waals surface area contributed by atoms with Gasteiger partial charge in [0.05, 0.1) is 0 Å². The van der Waals surface area contributed by atoms with Gasteiger partial charge in [-0.1, -0.05) is 109 Å². The van der Waals surface area contributed by atoms with Crippen LogP contribution in [0.3, 0.4) is 0 Å². The van der Waals surface area contributed by atoms with Crippen molar-refractivity contribution in [1.29, 1.82) is 0 Å². The van der Waals surface area contributed by atoms with E-state index in [-0.39, 0.29) is 0 Å². The monoisotopic (exact) mass is 340 g/mol. The van der Waals surface area contributed by atoms with Crippen LogP contribution in [0.2, 0.25) is 0 Å². The maximum atomic E-state index is 3.89. The zero-order valence-electron chi connectivity index (χ0n) is 16.1. The van der Waals surface area contributed by atoms with Gasteiger partial charge in [-0.15, -0.1) is 0 Å². The van der Waals surface area contributed by atoms with E-state index in [1.54, 1.807) is 0 Å². The normalized spacial score (nSPS) is 10.7. The third kappa shape index (κ3) is 6.22. The lowest BCUT2D eigenvalue weighted by Crippen LogP contribution is -1.81. The highest BCUT2D eigenvalue weighted by molar-refractivity contribution is 5.64. The van der Waals surface area contributed by atoms with Gasteiger partial charge in [-0.05, 0) is 49.4 Å². The lowest BCUT2D eigenvalue weighted by Gasteiger charge is -2.02. The molecule has 0 amide bonds. The molecule has 1 aliphatic rings. The topological polar surface area (TPSA) is 0 Å². The van der Waals surface area contributed by atoms with E-state index in [1.807, 2.05) is 37.3 Å². The Morgan fingerprint density at radius 1 is 0.769 bits per heavy atom. The zero-order chi connectivity index (χ0) is 18.8. The van der Waals surface area contributed by atoms with Crippen LogP contribution >= 0.6 is 0 Å². The summed E-state index contributed by atoms with van der Waals surface area (Å²) in [6, 6.07) is 27.0. The predicted molar refractivity (Wildman–Crippen MR) is 116 cm³/mol. The maximum absolute atomic E-state index is 3.89. The second kappa shape index (κ2) is 10.2. The number of fused-ring (bicyclic) bond motifs is 1. The Balaban J connectivity index is 0.000000142. The van der Waals surface area contributed by atoms with Crippen molar-refractivity contribution in [3.63, 3.8) is 0 Å². The van der Waals surface area contributed by atoms with Crippen molar-refractivity contribution in [2.75, 3.05) is 0 Å². The molecule has 26 heavy (non-hydrogen) atoms. The summed E-state index contributed by atoms with van der Waals surface area (Å²) in [5.41, 5.74) is 7.87. The lowest BCUT2D eigenvalue weighted by molar-refractivity contribution is 1.31. The van der Waals surface area contributed by atoms with Gasteiger partial charge in [-0.3, -0.25) is 0 Å². The van der Waals surface area contributed by atoms with Gasteiger partial charge < -0.3 is 0 Å². The average Bonchev–Trinajstić information content (AvgIpc) is 3.12. The molecule has 0 aliphatic heterocycles. The molecule has 1 aliphatic carbocycles. The molecule has 0 fully saturated rings. The van der Waals surface area contributed by atoms with Gasteiger partial charge in [0.25, 0.3) is 0 Å². The van der Waals surface area contributed by atoms with E-state index >= 15 is 0 Å². The number of rotatable bonds is 1. The molecule has 0 bridgehead atoms. The van der Waals surface area contributed by atoms with Crippen LogP contribution in [0.5, 0.6) is 0 Å². The first-order valence-corrected chi connectivity index (χ1v) is 9.05.